The van der Waals surface area contributed by atoms with Crippen LogP contribution < -0.4 is 10.1 Å². The second-order valence-electron chi connectivity index (χ2n) is 7.40. The number of sulfonamides is 1. The van der Waals surface area contributed by atoms with Crippen molar-refractivity contribution in [3.8, 4) is 5.75 Å². The fourth-order valence-corrected chi connectivity index (χ4v) is 4.97. The van der Waals surface area contributed by atoms with Crippen molar-refractivity contribution in [2.45, 2.75) is 50.2 Å². The molecule has 2 aromatic rings. The Bertz CT molecular complexity index is 954. The summed E-state index contributed by atoms with van der Waals surface area (Å²) < 4.78 is 32.9. The molecule has 0 spiro atoms. The Morgan fingerprint density at radius 2 is 1.73 bits per heavy atom. The Hall–Kier alpha value is -2.09. The minimum Gasteiger partial charge on any atom is -0.481 e. The number of amides is 1. The van der Waals surface area contributed by atoms with Gasteiger partial charge in [0, 0.05) is 24.2 Å². The number of nitrogens with one attached hydrogen (secondary N) is 1. The first-order valence-corrected chi connectivity index (χ1v) is 11.9. The van der Waals surface area contributed by atoms with Gasteiger partial charge in [-0.25, -0.2) is 8.42 Å². The van der Waals surface area contributed by atoms with Gasteiger partial charge in [-0.05, 0) is 68.1 Å². The van der Waals surface area contributed by atoms with Crippen LogP contribution in [0.1, 0.15) is 32.3 Å². The molecule has 0 aliphatic carbocycles. The minimum absolute atomic E-state index is 0.0808. The largest absolute Gasteiger partial charge is 0.481 e. The predicted octanol–water partition coefficient (Wildman–Crippen LogP) is 3.64. The SMILES string of the molecule is CCc1ccc(S(=O)(=O)N2CCC(NC(=O)C(C)Oc3ccc(Cl)cc3)CC2)cc1. The van der Waals surface area contributed by atoms with Crippen molar-refractivity contribution >= 4 is 27.5 Å². The van der Waals surface area contributed by atoms with Crippen LogP contribution in [-0.2, 0) is 21.2 Å². The summed E-state index contributed by atoms with van der Waals surface area (Å²) in [4.78, 5) is 12.8. The molecule has 0 bridgehead atoms. The number of rotatable bonds is 7. The molecule has 1 fully saturated rings. The van der Waals surface area contributed by atoms with Crippen LogP contribution in [0.25, 0.3) is 0 Å². The van der Waals surface area contributed by atoms with Crippen molar-refractivity contribution in [1.29, 1.82) is 0 Å². The van der Waals surface area contributed by atoms with E-state index in [0.29, 0.717) is 41.6 Å². The number of carbonyl (C=O) groups is 1. The van der Waals surface area contributed by atoms with Crippen molar-refractivity contribution in [2.75, 3.05) is 13.1 Å². The van der Waals surface area contributed by atoms with E-state index < -0.39 is 16.1 Å². The number of halogens is 1. The summed E-state index contributed by atoms with van der Waals surface area (Å²) in [5.41, 5.74) is 1.10. The molecule has 162 valence electrons. The maximum absolute atomic E-state index is 12.9. The number of hydrogen-bond acceptors (Lipinski definition) is 4. The average Bonchev–Trinajstić information content (AvgIpc) is 2.75. The first kappa shape index (κ1) is 22.6. The van der Waals surface area contributed by atoms with Gasteiger partial charge in [0.2, 0.25) is 10.0 Å². The Morgan fingerprint density at radius 3 is 2.30 bits per heavy atom. The molecule has 0 radical (unpaired) electrons. The number of benzene rings is 2. The number of piperidine rings is 1. The van der Waals surface area contributed by atoms with Crippen LogP contribution >= 0.6 is 11.6 Å². The third-order valence-electron chi connectivity index (χ3n) is 5.27. The first-order valence-electron chi connectivity index (χ1n) is 10.1. The summed E-state index contributed by atoms with van der Waals surface area (Å²) in [7, 11) is -3.51. The van der Waals surface area contributed by atoms with Gasteiger partial charge in [0.1, 0.15) is 5.75 Å². The molecule has 1 saturated heterocycles. The van der Waals surface area contributed by atoms with Gasteiger partial charge in [-0.15, -0.1) is 0 Å². The van der Waals surface area contributed by atoms with Gasteiger partial charge in [0.25, 0.3) is 5.91 Å². The van der Waals surface area contributed by atoms with Gasteiger partial charge >= 0.3 is 0 Å². The van der Waals surface area contributed by atoms with Gasteiger partial charge < -0.3 is 10.1 Å². The molecule has 0 aromatic heterocycles. The fourth-order valence-electron chi connectivity index (χ4n) is 3.38. The first-order chi connectivity index (χ1) is 14.3. The smallest absolute Gasteiger partial charge is 0.260 e. The van der Waals surface area contributed by atoms with Gasteiger partial charge in [0.05, 0.1) is 4.90 Å². The second-order valence-corrected chi connectivity index (χ2v) is 9.77. The number of nitrogens with zero attached hydrogens (tertiary/aromatic N) is 1. The molecule has 30 heavy (non-hydrogen) atoms. The third kappa shape index (κ3) is 5.53. The van der Waals surface area contributed by atoms with Crippen LogP contribution in [0.2, 0.25) is 5.02 Å². The van der Waals surface area contributed by atoms with Crippen LogP contribution in [0.3, 0.4) is 0 Å². The molecular weight excluding hydrogens is 424 g/mol. The van der Waals surface area contributed by atoms with Crippen LogP contribution in [0.15, 0.2) is 53.4 Å². The molecule has 3 rings (SSSR count). The molecule has 1 aliphatic heterocycles. The normalized spacial score (nSPS) is 16.8. The van der Waals surface area contributed by atoms with Gasteiger partial charge in [-0.2, -0.15) is 4.31 Å². The molecule has 0 saturated carbocycles. The van der Waals surface area contributed by atoms with E-state index in [9.17, 15) is 13.2 Å². The maximum atomic E-state index is 12.9. The summed E-state index contributed by atoms with van der Waals surface area (Å²) in [6.07, 6.45) is 1.33. The lowest BCUT2D eigenvalue weighted by Gasteiger charge is -2.32. The lowest BCUT2D eigenvalue weighted by atomic mass is 10.1. The Labute approximate surface area is 183 Å². The molecule has 8 heteroatoms. The fraction of sp³-hybridized carbons (Fsp3) is 0.409. The van der Waals surface area contributed by atoms with Gasteiger partial charge in [-0.3, -0.25) is 4.79 Å². The topological polar surface area (TPSA) is 75.7 Å². The molecule has 1 unspecified atom stereocenters. The zero-order chi connectivity index (χ0) is 21.7. The summed E-state index contributed by atoms with van der Waals surface area (Å²) in [6.45, 7) is 4.46. The summed E-state index contributed by atoms with van der Waals surface area (Å²) >= 11 is 5.85. The molecule has 1 heterocycles. The molecule has 2 aromatic carbocycles. The zero-order valence-electron chi connectivity index (χ0n) is 17.2. The van der Waals surface area contributed by atoms with Crippen LogP contribution in [0.5, 0.6) is 5.75 Å². The van der Waals surface area contributed by atoms with Crippen LogP contribution in [0, 0.1) is 0 Å². The van der Waals surface area contributed by atoms with Crippen molar-refractivity contribution in [2.24, 2.45) is 0 Å². The molecule has 6 nitrogen and oxygen atoms in total. The highest BCUT2D eigenvalue weighted by Crippen LogP contribution is 2.22. The monoisotopic (exact) mass is 450 g/mol. The van der Waals surface area contributed by atoms with Crippen LogP contribution in [-0.4, -0.2) is 43.9 Å². The maximum Gasteiger partial charge on any atom is 0.260 e. The van der Waals surface area contributed by atoms with E-state index in [1.54, 1.807) is 43.3 Å². The quantitative estimate of drug-likeness (QED) is 0.698. The Kier molecular flexibility index (Phi) is 7.39. The molecule has 1 N–H and O–H groups in total. The lowest BCUT2D eigenvalue weighted by Crippen LogP contribution is -2.49. The molecular formula is C22H27ClN2O4S. The highest BCUT2D eigenvalue weighted by Gasteiger charge is 2.30. The average molecular weight is 451 g/mol. The molecule has 1 atom stereocenters. The van der Waals surface area contributed by atoms with E-state index in [1.165, 1.54) is 4.31 Å². The Morgan fingerprint density at radius 1 is 1.13 bits per heavy atom. The van der Waals surface area contributed by atoms with E-state index in [4.69, 9.17) is 16.3 Å². The highest BCUT2D eigenvalue weighted by molar-refractivity contribution is 7.89. The summed E-state index contributed by atoms with van der Waals surface area (Å²) in [6, 6.07) is 13.8. The standard InChI is InChI=1S/C22H27ClN2O4S/c1-3-17-4-10-21(11-5-17)30(27,28)25-14-12-19(13-15-25)24-22(26)16(2)29-20-8-6-18(23)7-9-20/h4-11,16,19H,3,12-15H2,1-2H3,(H,24,26). The molecule has 1 amide bonds. The number of carbonyl (C=O) groups excluding carboxylic acids is 1. The van der Waals surface area contributed by atoms with Gasteiger partial charge in [-0.1, -0.05) is 30.7 Å². The summed E-state index contributed by atoms with van der Waals surface area (Å²) in [5, 5.41) is 3.57. The summed E-state index contributed by atoms with van der Waals surface area (Å²) in [5.74, 6) is 0.346. The van der Waals surface area contributed by atoms with Gasteiger partial charge in [0.15, 0.2) is 6.10 Å². The van der Waals surface area contributed by atoms with Crippen molar-refractivity contribution in [3.63, 3.8) is 0 Å². The van der Waals surface area contributed by atoms with Crippen molar-refractivity contribution in [3.05, 3.63) is 59.1 Å². The van der Waals surface area contributed by atoms with E-state index in [1.807, 2.05) is 19.1 Å². The van der Waals surface area contributed by atoms with E-state index >= 15 is 0 Å². The minimum atomic E-state index is -3.51. The number of hydrogen-bond donors (Lipinski definition) is 1. The zero-order valence-corrected chi connectivity index (χ0v) is 18.7. The Balaban J connectivity index is 1.51. The van der Waals surface area contributed by atoms with Crippen LogP contribution in [0.4, 0.5) is 0 Å². The third-order valence-corrected chi connectivity index (χ3v) is 7.43. The highest BCUT2D eigenvalue weighted by atomic mass is 35.5. The van der Waals surface area contributed by atoms with E-state index in [2.05, 4.69) is 5.32 Å². The second kappa shape index (κ2) is 9.81. The van der Waals surface area contributed by atoms with Crippen molar-refractivity contribution in [1.82, 2.24) is 9.62 Å². The van der Waals surface area contributed by atoms with Crippen molar-refractivity contribution < 1.29 is 17.9 Å². The number of aryl methyl sites for hydroxylation is 1. The van der Waals surface area contributed by atoms with E-state index in [0.717, 1.165) is 12.0 Å². The molecule has 1 aliphatic rings. The number of ether oxygens (including phenoxy) is 1. The lowest BCUT2D eigenvalue weighted by molar-refractivity contribution is -0.128. The van der Waals surface area contributed by atoms with E-state index in [-0.39, 0.29) is 11.9 Å². The predicted molar refractivity (Wildman–Crippen MR) is 117 cm³/mol.